The summed E-state index contributed by atoms with van der Waals surface area (Å²) >= 11 is 0. The molecule has 6 N–H and O–H groups in total. The van der Waals surface area contributed by atoms with Crippen LogP contribution < -0.4 is 5.32 Å². The normalized spacial score (nSPS) is 22.7. The van der Waals surface area contributed by atoms with Gasteiger partial charge in [0.25, 0.3) is 0 Å². The standard InChI is InChI=1S/C38H75NO8/c1-3-5-6-7-8-9-10-11-12-13-14-15-16-17-18-19-20-21-22-23-24-25-26-27-28-32(41)31(39-34(42)4-2)30-46-38-37(45)36(44)35(43)33(29-40)47-38/h31-33,35-38,40-41,43-45H,3-30H2,1-2H3,(H,39,42). The molecule has 9 nitrogen and oxygen atoms in total. The molecule has 0 saturated carbocycles. The molecule has 1 rings (SSSR count). The molecule has 0 bridgehead atoms. The van der Waals surface area contributed by atoms with Gasteiger partial charge in [-0.15, -0.1) is 0 Å². The maximum absolute atomic E-state index is 12.1. The van der Waals surface area contributed by atoms with Gasteiger partial charge in [-0.25, -0.2) is 0 Å². The van der Waals surface area contributed by atoms with Crippen molar-refractivity contribution in [1.29, 1.82) is 0 Å². The van der Waals surface area contributed by atoms with Gasteiger partial charge in [0.1, 0.15) is 24.4 Å². The van der Waals surface area contributed by atoms with Crippen molar-refractivity contribution in [3.8, 4) is 0 Å². The highest BCUT2D eigenvalue weighted by Crippen LogP contribution is 2.23. The number of unbranched alkanes of at least 4 members (excludes halogenated alkanes) is 23. The monoisotopic (exact) mass is 674 g/mol. The van der Waals surface area contributed by atoms with E-state index in [2.05, 4.69) is 12.2 Å². The second kappa shape index (κ2) is 30.1. The third kappa shape index (κ3) is 21.8. The van der Waals surface area contributed by atoms with Crippen molar-refractivity contribution in [2.24, 2.45) is 0 Å². The maximum Gasteiger partial charge on any atom is 0.220 e. The average Bonchev–Trinajstić information content (AvgIpc) is 3.07. The van der Waals surface area contributed by atoms with Crippen LogP contribution in [0.4, 0.5) is 0 Å². The Morgan fingerprint density at radius 2 is 1.04 bits per heavy atom. The molecule has 0 aromatic carbocycles. The lowest BCUT2D eigenvalue weighted by Gasteiger charge is -2.40. The van der Waals surface area contributed by atoms with Crippen molar-refractivity contribution in [2.45, 2.75) is 224 Å². The van der Waals surface area contributed by atoms with Gasteiger partial charge in [-0.1, -0.05) is 168 Å². The molecule has 0 aliphatic carbocycles. The summed E-state index contributed by atoms with van der Waals surface area (Å²) in [5.41, 5.74) is 0. The summed E-state index contributed by atoms with van der Waals surface area (Å²) in [4.78, 5) is 12.1. The lowest BCUT2D eigenvalue weighted by atomic mass is 9.99. The zero-order chi connectivity index (χ0) is 34.5. The van der Waals surface area contributed by atoms with Gasteiger partial charge in [-0.2, -0.15) is 0 Å². The molecule has 7 unspecified atom stereocenters. The zero-order valence-electron chi connectivity index (χ0n) is 30.3. The van der Waals surface area contributed by atoms with E-state index in [1.807, 2.05) is 0 Å². The van der Waals surface area contributed by atoms with E-state index >= 15 is 0 Å². The number of hydrogen-bond acceptors (Lipinski definition) is 8. The van der Waals surface area contributed by atoms with Crippen LogP contribution in [0, 0.1) is 0 Å². The molecule has 0 aromatic heterocycles. The first-order valence-corrected chi connectivity index (χ1v) is 19.7. The molecule has 1 aliphatic rings. The predicted octanol–water partition coefficient (Wildman–Crippen LogP) is 6.83. The highest BCUT2D eigenvalue weighted by molar-refractivity contribution is 5.75. The van der Waals surface area contributed by atoms with Crippen LogP contribution in [0.3, 0.4) is 0 Å². The number of aliphatic hydroxyl groups is 5. The number of carbonyl (C=O) groups is 1. The first-order chi connectivity index (χ1) is 22.8. The third-order valence-electron chi connectivity index (χ3n) is 9.77. The van der Waals surface area contributed by atoms with Crippen LogP contribution in [-0.4, -0.2) is 87.5 Å². The van der Waals surface area contributed by atoms with Crippen LogP contribution >= 0.6 is 0 Å². The molecule has 9 heteroatoms. The van der Waals surface area contributed by atoms with Gasteiger partial charge in [0, 0.05) is 6.42 Å². The number of nitrogens with one attached hydrogen (secondary N) is 1. The van der Waals surface area contributed by atoms with E-state index in [4.69, 9.17) is 9.47 Å². The van der Waals surface area contributed by atoms with Gasteiger partial charge in [0.2, 0.25) is 5.91 Å². The Labute approximate surface area is 287 Å². The van der Waals surface area contributed by atoms with Gasteiger partial charge in [-0.3, -0.25) is 4.79 Å². The van der Waals surface area contributed by atoms with E-state index in [1.54, 1.807) is 6.92 Å². The van der Waals surface area contributed by atoms with Crippen LogP contribution in [0.5, 0.6) is 0 Å². The minimum Gasteiger partial charge on any atom is -0.394 e. The Morgan fingerprint density at radius 3 is 1.43 bits per heavy atom. The summed E-state index contributed by atoms with van der Waals surface area (Å²) in [6.07, 6.45) is 25.0. The largest absolute Gasteiger partial charge is 0.394 e. The van der Waals surface area contributed by atoms with Gasteiger partial charge in [0.05, 0.1) is 25.4 Å². The fraction of sp³-hybridized carbons (Fsp3) is 0.974. The molecule has 1 aliphatic heterocycles. The highest BCUT2D eigenvalue weighted by Gasteiger charge is 2.44. The van der Waals surface area contributed by atoms with Crippen molar-refractivity contribution >= 4 is 5.91 Å². The number of aliphatic hydroxyl groups excluding tert-OH is 5. The highest BCUT2D eigenvalue weighted by atomic mass is 16.7. The summed E-state index contributed by atoms with van der Waals surface area (Å²) in [6, 6.07) is -0.709. The van der Waals surface area contributed by atoms with Crippen molar-refractivity contribution in [2.75, 3.05) is 13.2 Å². The molecular weight excluding hydrogens is 598 g/mol. The van der Waals surface area contributed by atoms with E-state index in [0.717, 1.165) is 19.3 Å². The summed E-state index contributed by atoms with van der Waals surface area (Å²) in [5.74, 6) is -0.231. The molecule has 47 heavy (non-hydrogen) atoms. The third-order valence-corrected chi connectivity index (χ3v) is 9.77. The number of rotatable bonds is 32. The molecule has 1 saturated heterocycles. The Kier molecular flexibility index (Phi) is 28.3. The van der Waals surface area contributed by atoms with E-state index in [-0.39, 0.29) is 18.9 Å². The topological polar surface area (TPSA) is 149 Å². The van der Waals surface area contributed by atoms with Crippen molar-refractivity contribution in [3.63, 3.8) is 0 Å². The van der Waals surface area contributed by atoms with Gasteiger partial charge in [-0.05, 0) is 6.42 Å². The van der Waals surface area contributed by atoms with Gasteiger partial charge in [0.15, 0.2) is 6.29 Å². The molecular formula is C38H75NO8. The number of carbonyl (C=O) groups excluding carboxylic acids is 1. The van der Waals surface area contributed by atoms with Gasteiger partial charge < -0.3 is 40.3 Å². The number of ether oxygens (including phenoxy) is 2. The first kappa shape index (κ1) is 44.2. The first-order valence-electron chi connectivity index (χ1n) is 19.7. The van der Waals surface area contributed by atoms with Crippen LogP contribution in [0.15, 0.2) is 0 Å². The van der Waals surface area contributed by atoms with E-state index in [0.29, 0.717) is 6.42 Å². The molecule has 1 fully saturated rings. The zero-order valence-corrected chi connectivity index (χ0v) is 30.3. The van der Waals surface area contributed by atoms with Gasteiger partial charge >= 0.3 is 0 Å². The quantitative estimate of drug-likeness (QED) is 0.0426. The Hall–Kier alpha value is -0.810. The Balaban J connectivity index is 2.00. The molecule has 280 valence electrons. The predicted molar refractivity (Wildman–Crippen MR) is 189 cm³/mol. The Morgan fingerprint density at radius 1 is 0.638 bits per heavy atom. The van der Waals surface area contributed by atoms with Crippen LogP contribution in [0.1, 0.15) is 181 Å². The van der Waals surface area contributed by atoms with E-state index < -0.39 is 49.5 Å². The fourth-order valence-corrected chi connectivity index (χ4v) is 6.48. The molecule has 1 heterocycles. The smallest absolute Gasteiger partial charge is 0.220 e. The molecule has 0 spiro atoms. The van der Waals surface area contributed by atoms with Crippen molar-refractivity contribution in [3.05, 3.63) is 0 Å². The second-order valence-electron chi connectivity index (χ2n) is 14.0. The fourth-order valence-electron chi connectivity index (χ4n) is 6.48. The van der Waals surface area contributed by atoms with Crippen LogP contribution in [0.25, 0.3) is 0 Å². The molecule has 7 atom stereocenters. The minimum atomic E-state index is -1.54. The lowest BCUT2D eigenvalue weighted by Crippen LogP contribution is -2.60. The van der Waals surface area contributed by atoms with Crippen molar-refractivity contribution < 1.29 is 39.8 Å². The summed E-state index contributed by atoms with van der Waals surface area (Å²) in [6.45, 7) is 3.31. The van der Waals surface area contributed by atoms with E-state index in [9.17, 15) is 30.3 Å². The Bertz CT molecular complexity index is 711. The van der Waals surface area contributed by atoms with E-state index in [1.165, 1.54) is 135 Å². The molecule has 1 amide bonds. The summed E-state index contributed by atoms with van der Waals surface area (Å²) in [7, 11) is 0. The second-order valence-corrected chi connectivity index (χ2v) is 14.0. The maximum atomic E-state index is 12.1. The summed E-state index contributed by atoms with van der Waals surface area (Å²) < 4.78 is 11.0. The van der Waals surface area contributed by atoms with Crippen LogP contribution in [-0.2, 0) is 14.3 Å². The number of amides is 1. The van der Waals surface area contributed by atoms with Crippen LogP contribution in [0.2, 0.25) is 0 Å². The van der Waals surface area contributed by atoms with Crippen molar-refractivity contribution in [1.82, 2.24) is 5.32 Å². The SMILES string of the molecule is CCCCCCCCCCCCCCCCCCCCCCCCCCC(O)C(COC1OC(CO)C(O)C(O)C1O)NC(=O)CC. The summed E-state index contributed by atoms with van der Waals surface area (Å²) in [5, 5.41) is 53.1. The molecule has 0 radical (unpaired) electrons. The number of hydrogen-bond donors (Lipinski definition) is 6. The molecule has 0 aromatic rings. The lowest BCUT2D eigenvalue weighted by molar-refractivity contribution is -0.302. The average molecular weight is 674 g/mol. The minimum absolute atomic E-state index is 0.144.